The Bertz CT molecular complexity index is 919. The molecule has 1 aliphatic rings. The molecule has 7 heteroatoms. The van der Waals surface area contributed by atoms with Gasteiger partial charge in [-0.3, -0.25) is 14.5 Å². The molecule has 146 valence electrons. The highest BCUT2D eigenvalue weighted by molar-refractivity contribution is 5.85. The number of nitrogens with zero attached hydrogens (tertiary/aromatic N) is 1. The lowest BCUT2D eigenvalue weighted by Gasteiger charge is -2.26. The van der Waals surface area contributed by atoms with Crippen molar-refractivity contribution in [1.82, 2.24) is 10.2 Å². The van der Waals surface area contributed by atoms with Crippen molar-refractivity contribution < 1.29 is 32.8 Å². The fraction of sp³-hybridized carbons (Fsp3) is 0.579. The maximum Gasteiger partial charge on any atom is 0.303 e. The molecule has 1 aliphatic heterocycles. The molecular weight excluding hydrogens is 356 g/mol. The van der Waals surface area contributed by atoms with Crippen molar-refractivity contribution in [3.05, 3.63) is 29.8 Å². The van der Waals surface area contributed by atoms with Gasteiger partial charge in [-0.1, -0.05) is 18.5 Å². The van der Waals surface area contributed by atoms with E-state index in [1.54, 1.807) is 12.1 Å². The van der Waals surface area contributed by atoms with Gasteiger partial charge in [-0.05, 0) is 49.9 Å². The van der Waals surface area contributed by atoms with Gasteiger partial charge in [0.2, 0.25) is 0 Å². The second-order valence-electron chi connectivity index (χ2n) is 5.16. The molecule has 2 rings (SSSR count). The van der Waals surface area contributed by atoms with Gasteiger partial charge >= 0.3 is 5.97 Å². The van der Waals surface area contributed by atoms with Gasteiger partial charge < -0.3 is 14.8 Å². The van der Waals surface area contributed by atoms with Crippen LogP contribution in [0, 0.1) is 0 Å². The summed E-state index contributed by atoms with van der Waals surface area (Å²) in [6.45, 7) is -5.70. The first-order chi connectivity index (χ1) is 15.9. The van der Waals surface area contributed by atoms with Gasteiger partial charge in [0.05, 0.1) is 6.61 Å². The first-order valence-electron chi connectivity index (χ1n) is 12.8. The molecule has 1 aromatic carbocycles. The molecule has 1 heterocycles. The smallest absolute Gasteiger partial charge is 0.303 e. The monoisotopic (exact) mass is 394 g/mol. The molecule has 26 heavy (non-hydrogen) atoms. The van der Waals surface area contributed by atoms with Crippen LogP contribution in [0.25, 0.3) is 0 Å². The summed E-state index contributed by atoms with van der Waals surface area (Å²) in [6.07, 6.45) is -9.79. The summed E-state index contributed by atoms with van der Waals surface area (Å²) in [7, 11) is 0. The number of carbonyl (C=O) groups excluding carboxylic acids is 2. The Kier molecular flexibility index (Phi) is 5.38. The number of benzene rings is 1. The molecule has 0 aromatic heterocycles. The summed E-state index contributed by atoms with van der Waals surface area (Å²) in [5, 5.41) is 2.54. The average molecular weight is 395 g/mol. The number of halogens is 1. The van der Waals surface area contributed by atoms with E-state index in [0.717, 1.165) is 0 Å². The number of hydrogen-bond donors (Lipinski definition) is 1. The van der Waals surface area contributed by atoms with E-state index < -0.39 is 50.5 Å². The van der Waals surface area contributed by atoms with E-state index in [2.05, 4.69) is 10.1 Å². The first-order valence-corrected chi connectivity index (χ1v) is 7.79. The number of nitrogens with one attached hydrogen (secondary N) is 1. The number of carbonyl (C=O) groups is 2. The van der Waals surface area contributed by atoms with E-state index >= 15 is 0 Å². The van der Waals surface area contributed by atoms with Crippen LogP contribution in [-0.2, 0) is 20.9 Å². The third kappa shape index (κ3) is 9.06. The van der Waals surface area contributed by atoms with E-state index in [1.807, 2.05) is 0 Å². The molecule has 0 unspecified atom stereocenters. The van der Waals surface area contributed by atoms with Crippen LogP contribution in [0.4, 0.5) is 0 Å². The second kappa shape index (κ2) is 12.5. The zero-order valence-corrected chi connectivity index (χ0v) is 15.1. The van der Waals surface area contributed by atoms with E-state index in [-0.39, 0.29) is 32.2 Å². The SMILES string of the molecule is Cl.[2H]C1([2H])N(Cc2cccc(OCCCNC(=O)COC(C)=O)c2)C([2H])([2H])C([2H])([2H])C([2H])([2H])C1([2H])[2H]. The molecule has 0 spiro atoms. The molecule has 0 bridgehead atoms. The number of amides is 1. The van der Waals surface area contributed by atoms with E-state index in [4.69, 9.17) is 18.4 Å². The second-order valence-corrected chi connectivity index (χ2v) is 5.16. The van der Waals surface area contributed by atoms with E-state index in [0.29, 0.717) is 22.6 Å². The lowest BCUT2D eigenvalue weighted by atomic mass is 10.1. The Balaban J connectivity index is 0.00000648. The van der Waals surface area contributed by atoms with Gasteiger partial charge in [0.25, 0.3) is 5.91 Å². The van der Waals surface area contributed by atoms with Crippen LogP contribution >= 0.6 is 12.4 Å². The summed E-state index contributed by atoms with van der Waals surface area (Å²) in [5.74, 6) is -0.704. The lowest BCUT2D eigenvalue weighted by Crippen LogP contribution is -2.30. The number of hydrogen-bond acceptors (Lipinski definition) is 5. The van der Waals surface area contributed by atoms with Crippen LogP contribution in [0.15, 0.2) is 24.3 Å². The molecular formula is C19H29ClN2O4. The molecule has 1 amide bonds. The minimum Gasteiger partial charge on any atom is -0.494 e. The standard InChI is InChI=1S/C19H28N2O4.ClH/c1-16(22)25-15-19(23)20-9-6-12-24-18-8-5-7-17(13-18)14-21-10-3-2-4-11-21;/h5,7-8,13H,2-4,6,9-12,14-15H2,1H3,(H,20,23);1H/i2D2,3D2,4D2,10D2,11D2;. The quantitative estimate of drug-likeness (QED) is 0.515. The van der Waals surface area contributed by atoms with Crippen molar-refractivity contribution in [1.29, 1.82) is 0 Å². The van der Waals surface area contributed by atoms with Gasteiger partial charge in [-0.2, -0.15) is 0 Å². The predicted octanol–water partition coefficient (Wildman–Crippen LogP) is 2.54. The van der Waals surface area contributed by atoms with Crippen LogP contribution in [0.1, 0.15) is 51.7 Å². The predicted molar refractivity (Wildman–Crippen MR) is 103 cm³/mol. The maximum atomic E-state index is 11.5. The zero-order chi connectivity index (χ0) is 26.9. The summed E-state index contributed by atoms with van der Waals surface area (Å²) in [6, 6.07) is 6.09. The highest BCUT2D eigenvalue weighted by Crippen LogP contribution is 2.17. The van der Waals surface area contributed by atoms with Gasteiger partial charge in [0.15, 0.2) is 6.61 Å². The van der Waals surface area contributed by atoms with Gasteiger partial charge in [-0.25, -0.2) is 0 Å². The van der Waals surface area contributed by atoms with Gasteiger partial charge in [-0.15, -0.1) is 12.4 Å². The number of esters is 1. The number of likely N-dealkylation sites (tertiary alicyclic amines) is 1. The summed E-state index contributed by atoms with van der Waals surface area (Å²) in [4.78, 5) is 22.5. The molecule has 0 saturated carbocycles. The Morgan fingerprint density at radius 1 is 1.27 bits per heavy atom. The summed E-state index contributed by atoms with van der Waals surface area (Å²) < 4.78 is 90.7. The third-order valence-electron chi connectivity index (χ3n) is 3.06. The Hall–Kier alpha value is -1.79. The number of piperidine rings is 1. The third-order valence-corrected chi connectivity index (χ3v) is 3.06. The van der Waals surface area contributed by atoms with Crippen molar-refractivity contribution in [2.24, 2.45) is 0 Å². The molecule has 1 fully saturated rings. The Labute approximate surface area is 175 Å². The molecule has 6 nitrogen and oxygen atoms in total. The molecule has 1 saturated heterocycles. The topological polar surface area (TPSA) is 67.9 Å². The zero-order valence-electron chi connectivity index (χ0n) is 24.3. The van der Waals surface area contributed by atoms with Crippen molar-refractivity contribution in [2.45, 2.75) is 39.0 Å². The summed E-state index contributed by atoms with van der Waals surface area (Å²) >= 11 is 0. The molecule has 0 atom stereocenters. The highest BCUT2D eigenvalue weighted by atomic mass is 35.5. The van der Waals surface area contributed by atoms with Crippen LogP contribution in [0.5, 0.6) is 5.75 Å². The van der Waals surface area contributed by atoms with Crippen molar-refractivity contribution in [2.75, 3.05) is 32.8 Å². The van der Waals surface area contributed by atoms with Crippen molar-refractivity contribution in [3.63, 3.8) is 0 Å². The molecule has 1 N–H and O–H groups in total. The minimum atomic E-state index is -3.46. The Morgan fingerprint density at radius 3 is 2.77 bits per heavy atom. The normalized spacial score (nSPS) is 29.6. The van der Waals surface area contributed by atoms with Crippen molar-refractivity contribution in [3.8, 4) is 5.75 Å². The van der Waals surface area contributed by atoms with Crippen LogP contribution in [0.3, 0.4) is 0 Å². The van der Waals surface area contributed by atoms with Crippen molar-refractivity contribution >= 4 is 24.3 Å². The fourth-order valence-electron chi connectivity index (χ4n) is 1.95. The van der Waals surface area contributed by atoms with E-state index in [9.17, 15) is 9.59 Å². The fourth-order valence-corrected chi connectivity index (χ4v) is 1.95. The molecule has 1 aromatic rings. The van der Waals surface area contributed by atoms with Crippen LogP contribution in [0.2, 0.25) is 0 Å². The van der Waals surface area contributed by atoms with Crippen LogP contribution < -0.4 is 10.1 Å². The minimum absolute atomic E-state index is 0. The maximum absolute atomic E-state index is 11.5. The molecule has 0 radical (unpaired) electrons. The number of rotatable bonds is 9. The summed E-state index contributed by atoms with van der Waals surface area (Å²) in [5.41, 5.74) is 0.291. The first kappa shape index (κ1) is 11.1. The van der Waals surface area contributed by atoms with Crippen LogP contribution in [-0.4, -0.2) is 49.5 Å². The van der Waals surface area contributed by atoms with E-state index in [1.165, 1.54) is 19.1 Å². The Morgan fingerprint density at radius 2 is 2.04 bits per heavy atom. The molecule has 0 aliphatic carbocycles. The van der Waals surface area contributed by atoms with Gasteiger partial charge in [0.1, 0.15) is 5.75 Å². The highest BCUT2D eigenvalue weighted by Gasteiger charge is 2.10. The average Bonchev–Trinajstić information content (AvgIpc) is 2.74. The number of ether oxygens (including phenoxy) is 2. The van der Waals surface area contributed by atoms with Gasteiger partial charge in [0, 0.05) is 33.7 Å². The lowest BCUT2D eigenvalue weighted by molar-refractivity contribution is -0.146. The largest absolute Gasteiger partial charge is 0.494 e.